The van der Waals surface area contributed by atoms with E-state index in [0.717, 1.165) is 18.2 Å². The van der Waals surface area contributed by atoms with Crippen LogP contribution in [0.2, 0.25) is 0 Å². The molecule has 1 N–H and O–H groups in total. The molecule has 1 heterocycles. The maximum absolute atomic E-state index is 14.6. The van der Waals surface area contributed by atoms with Gasteiger partial charge in [-0.05, 0) is 24.3 Å². The average Bonchev–Trinajstić information content (AvgIpc) is 3.07. The van der Waals surface area contributed by atoms with Crippen LogP contribution in [-0.2, 0) is 16.0 Å². The summed E-state index contributed by atoms with van der Waals surface area (Å²) in [5.41, 5.74) is -3.07. The number of aromatic amines is 1. The minimum absolute atomic E-state index is 0.258. The number of nitrogens with one attached hydrogen (secondary N) is 1. The minimum Gasteiger partial charge on any atom is -0.337 e. The monoisotopic (exact) mass is 452 g/mol. The molecule has 12 heteroatoms. The summed E-state index contributed by atoms with van der Waals surface area (Å²) in [5.74, 6) is -3.66. The second-order valence-electron chi connectivity index (χ2n) is 6.26. The minimum atomic E-state index is -4.74. The van der Waals surface area contributed by atoms with Crippen LogP contribution in [0.5, 0.6) is 0 Å². The van der Waals surface area contributed by atoms with Crippen LogP contribution in [0.25, 0.3) is 22.5 Å². The molecule has 0 aliphatic heterocycles. The molecule has 0 aliphatic rings. The summed E-state index contributed by atoms with van der Waals surface area (Å²) in [7, 11) is -4.14. The van der Waals surface area contributed by atoms with Crippen molar-refractivity contribution < 1.29 is 39.2 Å². The smallest absolute Gasteiger partial charge is 0.337 e. The lowest BCUT2D eigenvalue weighted by molar-refractivity contribution is -0.137. The van der Waals surface area contributed by atoms with Crippen LogP contribution in [-0.4, -0.2) is 24.6 Å². The fraction of sp³-hybridized carbons (Fsp3) is 0.167. The Bertz CT molecular complexity index is 1220. The molecular formula is C18H11F7N2O2S. The van der Waals surface area contributed by atoms with Crippen molar-refractivity contribution in [3.05, 3.63) is 59.4 Å². The predicted molar refractivity (Wildman–Crippen MR) is 92.4 cm³/mol. The number of rotatable bonds is 4. The van der Waals surface area contributed by atoms with E-state index in [0.29, 0.717) is 24.5 Å². The Morgan fingerprint density at radius 3 is 2.27 bits per heavy atom. The van der Waals surface area contributed by atoms with Crippen molar-refractivity contribution in [3.63, 3.8) is 0 Å². The van der Waals surface area contributed by atoms with Crippen LogP contribution in [0, 0.1) is 11.6 Å². The maximum Gasteiger partial charge on any atom is 0.416 e. The van der Waals surface area contributed by atoms with E-state index in [1.807, 2.05) is 0 Å². The molecule has 0 saturated heterocycles. The molecule has 0 radical (unpaired) electrons. The van der Waals surface area contributed by atoms with Crippen molar-refractivity contribution >= 4 is 9.84 Å². The second kappa shape index (κ2) is 7.42. The molecular weight excluding hydrogens is 441 g/mol. The summed E-state index contributed by atoms with van der Waals surface area (Å²) >= 11 is 0. The molecule has 0 unspecified atom stereocenters. The number of H-pyrrole nitrogens is 1. The average molecular weight is 452 g/mol. The SMILES string of the molecule is CS(=O)(=O)c1cc(F)c(-c2nc(C(F)F)[nH]c2-c2cccc(C(F)(F)F)c2)cc1F. The number of hydrogen-bond acceptors (Lipinski definition) is 3. The third kappa shape index (κ3) is 4.18. The standard InChI is InChI=1S/C18H11F7N2O2S/c1-30(28,29)13-7-11(19)10(6-12(13)20)15-14(26-17(27-15)16(21)22)8-3-2-4-9(5-8)18(23,24)25/h2-7,16H,1H3,(H,26,27). The van der Waals surface area contributed by atoms with E-state index in [4.69, 9.17) is 0 Å². The van der Waals surface area contributed by atoms with Crippen molar-refractivity contribution in [1.29, 1.82) is 0 Å². The van der Waals surface area contributed by atoms with Crippen molar-refractivity contribution in [3.8, 4) is 22.5 Å². The first-order valence-corrected chi connectivity index (χ1v) is 9.93. The predicted octanol–water partition coefficient (Wildman–Crippen LogP) is 5.38. The first kappa shape index (κ1) is 21.8. The highest BCUT2D eigenvalue weighted by molar-refractivity contribution is 7.90. The Hall–Kier alpha value is -2.89. The Morgan fingerprint density at radius 1 is 1.03 bits per heavy atom. The van der Waals surface area contributed by atoms with Crippen LogP contribution in [0.4, 0.5) is 30.7 Å². The van der Waals surface area contributed by atoms with Gasteiger partial charge < -0.3 is 4.98 Å². The summed E-state index contributed by atoms with van der Waals surface area (Å²) < 4.78 is 117. The van der Waals surface area contributed by atoms with Crippen molar-refractivity contribution in [2.45, 2.75) is 17.5 Å². The first-order chi connectivity index (χ1) is 13.8. The van der Waals surface area contributed by atoms with E-state index < -0.39 is 67.3 Å². The number of alkyl halides is 5. The summed E-state index contributed by atoms with van der Waals surface area (Å²) in [6.07, 6.45) is -7.29. The van der Waals surface area contributed by atoms with Crippen LogP contribution in [0.1, 0.15) is 17.8 Å². The molecule has 0 amide bonds. The summed E-state index contributed by atoms with van der Waals surface area (Å²) in [6, 6.07) is 4.32. The fourth-order valence-electron chi connectivity index (χ4n) is 2.74. The molecule has 0 fully saturated rings. The number of imidazole rings is 1. The van der Waals surface area contributed by atoms with Crippen LogP contribution in [0.3, 0.4) is 0 Å². The zero-order valence-electron chi connectivity index (χ0n) is 14.9. The van der Waals surface area contributed by atoms with Gasteiger partial charge in [-0.3, -0.25) is 0 Å². The van der Waals surface area contributed by atoms with Crippen molar-refractivity contribution in [2.24, 2.45) is 0 Å². The molecule has 3 rings (SSSR count). The zero-order valence-corrected chi connectivity index (χ0v) is 15.7. The van der Waals surface area contributed by atoms with E-state index >= 15 is 0 Å². The van der Waals surface area contributed by atoms with E-state index in [2.05, 4.69) is 9.97 Å². The third-order valence-electron chi connectivity index (χ3n) is 4.08. The number of hydrogen-bond donors (Lipinski definition) is 1. The Balaban J connectivity index is 2.27. The Labute approximate surface area is 165 Å². The molecule has 0 bridgehead atoms. The van der Waals surface area contributed by atoms with Crippen LogP contribution < -0.4 is 0 Å². The van der Waals surface area contributed by atoms with Crippen LogP contribution >= 0.6 is 0 Å². The Morgan fingerprint density at radius 2 is 1.70 bits per heavy atom. The number of benzene rings is 2. The van der Waals surface area contributed by atoms with Gasteiger partial charge in [-0.25, -0.2) is 31.0 Å². The second-order valence-corrected chi connectivity index (χ2v) is 8.24. The lowest BCUT2D eigenvalue weighted by Crippen LogP contribution is -2.05. The van der Waals surface area contributed by atoms with E-state index in [-0.39, 0.29) is 5.56 Å². The van der Waals surface area contributed by atoms with Crippen molar-refractivity contribution in [1.82, 2.24) is 9.97 Å². The highest BCUT2D eigenvalue weighted by Crippen LogP contribution is 2.38. The molecule has 0 saturated carbocycles. The Kier molecular flexibility index (Phi) is 5.39. The largest absolute Gasteiger partial charge is 0.416 e. The van der Waals surface area contributed by atoms with Gasteiger partial charge in [0.1, 0.15) is 16.5 Å². The fourth-order valence-corrected chi connectivity index (χ4v) is 3.47. The maximum atomic E-state index is 14.6. The summed E-state index contributed by atoms with van der Waals surface area (Å²) in [6.45, 7) is 0. The van der Waals surface area contributed by atoms with Gasteiger partial charge in [0.25, 0.3) is 6.43 Å². The van der Waals surface area contributed by atoms with E-state index in [9.17, 15) is 39.2 Å². The van der Waals surface area contributed by atoms with Gasteiger partial charge in [0, 0.05) is 17.4 Å². The number of halogens is 7. The molecule has 0 aliphatic carbocycles. The first-order valence-electron chi connectivity index (χ1n) is 8.04. The number of nitrogens with zero attached hydrogens (tertiary/aromatic N) is 1. The summed E-state index contributed by atoms with van der Waals surface area (Å²) in [4.78, 5) is 4.67. The molecule has 160 valence electrons. The molecule has 30 heavy (non-hydrogen) atoms. The molecule has 3 aromatic rings. The molecule has 0 atom stereocenters. The molecule has 2 aromatic carbocycles. The van der Waals surface area contributed by atoms with Gasteiger partial charge in [-0.15, -0.1) is 0 Å². The van der Waals surface area contributed by atoms with Gasteiger partial charge in [-0.1, -0.05) is 12.1 Å². The van der Waals surface area contributed by atoms with Crippen LogP contribution in [0.15, 0.2) is 41.3 Å². The van der Waals surface area contributed by atoms with E-state index in [1.54, 1.807) is 0 Å². The topological polar surface area (TPSA) is 62.8 Å². The van der Waals surface area contributed by atoms with Gasteiger partial charge >= 0.3 is 6.18 Å². The highest BCUT2D eigenvalue weighted by Gasteiger charge is 2.31. The highest BCUT2D eigenvalue weighted by atomic mass is 32.2. The zero-order chi connectivity index (χ0) is 22.4. The van der Waals surface area contributed by atoms with E-state index in [1.165, 1.54) is 0 Å². The molecule has 1 aromatic heterocycles. The van der Waals surface area contributed by atoms with Gasteiger partial charge in [0.2, 0.25) is 0 Å². The summed E-state index contributed by atoms with van der Waals surface area (Å²) in [5, 5.41) is 0. The van der Waals surface area contributed by atoms with Crippen molar-refractivity contribution in [2.75, 3.05) is 6.26 Å². The van der Waals surface area contributed by atoms with Gasteiger partial charge in [0.05, 0.1) is 17.0 Å². The lowest BCUT2D eigenvalue weighted by Gasteiger charge is -2.10. The number of aromatic nitrogens is 2. The normalized spacial score (nSPS) is 12.6. The third-order valence-corrected chi connectivity index (χ3v) is 5.20. The van der Waals surface area contributed by atoms with Gasteiger partial charge in [-0.2, -0.15) is 13.2 Å². The number of sulfone groups is 1. The molecule has 0 spiro atoms. The quantitative estimate of drug-likeness (QED) is 0.541. The molecule has 4 nitrogen and oxygen atoms in total. The lowest BCUT2D eigenvalue weighted by atomic mass is 10.0. The van der Waals surface area contributed by atoms with Gasteiger partial charge in [0.15, 0.2) is 15.7 Å².